The van der Waals surface area contributed by atoms with E-state index in [1.807, 2.05) is 20.8 Å². The molecule has 0 aliphatic carbocycles. The number of rotatable bonds is 4. The highest BCUT2D eigenvalue weighted by Crippen LogP contribution is 2.36. The molecule has 0 saturated carbocycles. The van der Waals surface area contributed by atoms with Gasteiger partial charge in [-0.1, -0.05) is 34.6 Å². The minimum Gasteiger partial charge on any atom is -0.493 e. The van der Waals surface area contributed by atoms with Gasteiger partial charge in [0.2, 0.25) is 0 Å². The van der Waals surface area contributed by atoms with Crippen molar-refractivity contribution in [3.8, 4) is 5.75 Å². The first kappa shape index (κ1) is 17.3. The van der Waals surface area contributed by atoms with E-state index in [0.717, 1.165) is 11.3 Å². The molecule has 0 N–H and O–H groups in total. The Hall–Kier alpha value is -0.740. The number of aryl methyl sites for hydroxylation is 1. The molecular formula is C15H23ClO3S. The maximum absolute atomic E-state index is 11.6. The second kappa shape index (κ2) is 5.94. The van der Waals surface area contributed by atoms with Gasteiger partial charge in [-0.2, -0.15) is 0 Å². The van der Waals surface area contributed by atoms with Gasteiger partial charge in [0.1, 0.15) is 5.75 Å². The van der Waals surface area contributed by atoms with Gasteiger partial charge < -0.3 is 4.74 Å². The van der Waals surface area contributed by atoms with Crippen LogP contribution in [0.15, 0.2) is 17.0 Å². The molecule has 0 saturated heterocycles. The van der Waals surface area contributed by atoms with E-state index >= 15 is 0 Å². The normalized spacial score (nSPS) is 12.8. The van der Waals surface area contributed by atoms with Gasteiger partial charge in [0.25, 0.3) is 9.05 Å². The molecule has 0 heterocycles. The maximum Gasteiger partial charge on any atom is 0.261 e. The van der Waals surface area contributed by atoms with Gasteiger partial charge in [0, 0.05) is 16.2 Å². The summed E-state index contributed by atoms with van der Waals surface area (Å²) in [5, 5.41) is 0. The predicted molar refractivity (Wildman–Crippen MR) is 83.3 cm³/mol. The molecule has 0 aliphatic heterocycles. The van der Waals surface area contributed by atoms with E-state index in [1.165, 1.54) is 0 Å². The number of benzene rings is 1. The Kier molecular flexibility index (Phi) is 5.14. The first-order chi connectivity index (χ1) is 8.93. The zero-order valence-electron chi connectivity index (χ0n) is 13.0. The topological polar surface area (TPSA) is 43.4 Å². The second-order valence-corrected chi connectivity index (χ2v) is 9.04. The first-order valence-electron chi connectivity index (χ1n) is 6.65. The Morgan fingerprint density at radius 2 is 1.80 bits per heavy atom. The van der Waals surface area contributed by atoms with E-state index in [1.54, 1.807) is 19.1 Å². The van der Waals surface area contributed by atoms with Crippen LogP contribution in [0.25, 0.3) is 0 Å². The Morgan fingerprint density at radius 3 is 2.20 bits per heavy atom. The summed E-state index contributed by atoms with van der Waals surface area (Å²) < 4.78 is 29.1. The molecule has 3 nitrogen and oxygen atoms in total. The number of ether oxygens (including phenoxy) is 1. The molecule has 0 atom stereocenters. The van der Waals surface area contributed by atoms with E-state index in [0.29, 0.717) is 18.1 Å². The molecule has 5 heteroatoms. The third kappa shape index (κ3) is 4.38. The molecule has 20 heavy (non-hydrogen) atoms. The van der Waals surface area contributed by atoms with Gasteiger partial charge in [-0.25, -0.2) is 8.42 Å². The lowest BCUT2D eigenvalue weighted by atomic mass is 9.86. The molecule has 0 bridgehead atoms. The Morgan fingerprint density at radius 1 is 1.25 bits per heavy atom. The summed E-state index contributed by atoms with van der Waals surface area (Å²) >= 11 is 0. The molecule has 0 radical (unpaired) electrons. The molecule has 0 unspecified atom stereocenters. The standard InChI is InChI=1S/C15H23ClO3S/c1-10(2)9-19-13-7-11(3)14(20(16,17)18)8-12(13)15(4,5)6/h7-8,10H,9H2,1-6H3. The van der Waals surface area contributed by atoms with Crippen molar-refractivity contribution in [2.75, 3.05) is 6.61 Å². The summed E-state index contributed by atoms with van der Waals surface area (Å²) in [7, 11) is 1.75. The fourth-order valence-electron chi connectivity index (χ4n) is 1.89. The lowest BCUT2D eigenvalue weighted by molar-refractivity contribution is 0.264. The fourth-order valence-corrected chi connectivity index (χ4v) is 3.09. The lowest BCUT2D eigenvalue weighted by Gasteiger charge is -2.24. The van der Waals surface area contributed by atoms with E-state index in [2.05, 4.69) is 13.8 Å². The van der Waals surface area contributed by atoms with Crippen LogP contribution in [-0.4, -0.2) is 15.0 Å². The lowest BCUT2D eigenvalue weighted by Crippen LogP contribution is -2.16. The Bertz CT molecular complexity index is 584. The molecule has 1 aromatic rings. The van der Waals surface area contributed by atoms with Crippen molar-refractivity contribution in [3.63, 3.8) is 0 Å². The van der Waals surface area contributed by atoms with Gasteiger partial charge >= 0.3 is 0 Å². The highest BCUT2D eigenvalue weighted by molar-refractivity contribution is 8.13. The highest BCUT2D eigenvalue weighted by atomic mass is 35.7. The van der Waals surface area contributed by atoms with Crippen molar-refractivity contribution in [2.24, 2.45) is 5.92 Å². The molecule has 0 spiro atoms. The average Bonchev–Trinajstić information content (AvgIpc) is 2.22. The van der Waals surface area contributed by atoms with E-state index < -0.39 is 9.05 Å². The van der Waals surface area contributed by atoms with Crippen LogP contribution in [-0.2, 0) is 14.5 Å². The van der Waals surface area contributed by atoms with Crippen LogP contribution in [0.3, 0.4) is 0 Å². The summed E-state index contributed by atoms with van der Waals surface area (Å²) in [5.74, 6) is 1.13. The third-order valence-electron chi connectivity index (χ3n) is 2.92. The molecule has 0 aliphatic rings. The number of hydrogen-bond donors (Lipinski definition) is 0. The predicted octanol–water partition coefficient (Wildman–Crippen LogP) is 4.25. The van der Waals surface area contributed by atoms with Crippen LogP contribution in [0.1, 0.15) is 45.7 Å². The minimum atomic E-state index is -3.75. The minimum absolute atomic E-state index is 0.154. The van der Waals surface area contributed by atoms with E-state index in [-0.39, 0.29) is 10.3 Å². The number of hydrogen-bond acceptors (Lipinski definition) is 3. The van der Waals surface area contributed by atoms with Gasteiger partial charge in [0.05, 0.1) is 11.5 Å². The molecule has 1 aromatic carbocycles. The van der Waals surface area contributed by atoms with Crippen molar-refractivity contribution >= 4 is 19.7 Å². The van der Waals surface area contributed by atoms with Crippen molar-refractivity contribution < 1.29 is 13.2 Å². The molecule has 114 valence electrons. The Balaban J connectivity index is 3.42. The van der Waals surface area contributed by atoms with Crippen LogP contribution >= 0.6 is 10.7 Å². The van der Waals surface area contributed by atoms with Gasteiger partial charge in [-0.15, -0.1) is 0 Å². The third-order valence-corrected chi connectivity index (χ3v) is 4.38. The van der Waals surface area contributed by atoms with Gasteiger partial charge in [-0.3, -0.25) is 0 Å². The summed E-state index contributed by atoms with van der Waals surface area (Å²) in [4.78, 5) is 0.154. The van der Waals surface area contributed by atoms with Crippen molar-refractivity contribution in [2.45, 2.75) is 51.9 Å². The maximum atomic E-state index is 11.6. The summed E-state index contributed by atoms with van der Waals surface area (Å²) in [6, 6.07) is 3.39. The van der Waals surface area contributed by atoms with E-state index in [9.17, 15) is 8.42 Å². The number of halogens is 1. The molecule has 0 fully saturated rings. The average molecular weight is 319 g/mol. The molecule has 1 rings (SSSR count). The summed E-state index contributed by atoms with van der Waals surface area (Å²) in [5.41, 5.74) is 1.23. The Labute approximate surface area is 126 Å². The van der Waals surface area contributed by atoms with Gasteiger partial charge in [0.15, 0.2) is 0 Å². The SMILES string of the molecule is Cc1cc(OCC(C)C)c(C(C)(C)C)cc1S(=O)(=O)Cl. The first-order valence-corrected chi connectivity index (χ1v) is 8.96. The van der Waals surface area contributed by atoms with Crippen molar-refractivity contribution in [3.05, 3.63) is 23.3 Å². The van der Waals surface area contributed by atoms with Crippen LogP contribution in [0.4, 0.5) is 0 Å². The summed E-state index contributed by atoms with van der Waals surface area (Å²) in [6.07, 6.45) is 0. The fraction of sp³-hybridized carbons (Fsp3) is 0.600. The van der Waals surface area contributed by atoms with E-state index in [4.69, 9.17) is 15.4 Å². The second-order valence-electron chi connectivity index (χ2n) is 6.51. The largest absolute Gasteiger partial charge is 0.493 e. The zero-order chi connectivity index (χ0) is 15.7. The monoisotopic (exact) mass is 318 g/mol. The van der Waals surface area contributed by atoms with Crippen molar-refractivity contribution in [1.29, 1.82) is 0 Å². The van der Waals surface area contributed by atoms with Crippen LogP contribution < -0.4 is 4.74 Å². The van der Waals surface area contributed by atoms with Gasteiger partial charge in [-0.05, 0) is 36.0 Å². The molecule has 0 amide bonds. The van der Waals surface area contributed by atoms with Crippen LogP contribution in [0.2, 0.25) is 0 Å². The van der Waals surface area contributed by atoms with Crippen LogP contribution in [0, 0.1) is 12.8 Å². The highest BCUT2D eigenvalue weighted by Gasteiger charge is 2.24. The molecular weight excluding hydrogens is 296 g/mol. The smallest absolute Gasteiger partial charge is 0.261 e. The quantitative estimate of drug-likeness (QED) is 0.779. The summed E-state index contributed by atoms with van der Waals surface area (Å²) in [6.45, 7) is 12.5. The zero-order valence-corrected chi connectivity index (χ0v) is 14.5. The van der Waals surface area contributed by atoms with Crippen molar-refractivity contribution in [1.82, 2.24) is 0 Å². The van der Waals surface area contributed by atoms with Crippen LogP contribution in [0.5, 0.6) is 5.75 Å². The molecule has 0 aromatic heterocycles.